The summed E-state index contributed by atoms with van der Waals surface area (Å²) in [4.78, 5) is 11.2. The van der Waals surface area contributed by atoms with Gasteiger partial charge in [-0.15, -0.1) is 0 Å². The molecule has 0 radical (unpaired) electrons. The Balaban J connectivity index is 2.03. The van der Waals surface area contributed by atoms with Crippen LogP contribution in [0.15, 0.2) is 30.3 Å². The monoisotopic (exact) mass is 274 g/mol. The summed E-state index contributed by atoms with van der Waals surface area (Å²) in [7, 11) is 1.46. The van der Waals surface area contributed by atoms with Gasteiger partial charge in [0.1, 0.15) is 13.2 Å². The number of rotatable bonds is 5. The molecule has 20 heavy (non-hydrogen) atoms. The summed E-state index contributed by atoms with van der Waals surface area (Å²) in [6, 6.07) is 9.79. The quantitative estimate of drug-likeness (QED) is 0.784. The Morgan fingerprint density at radius 1 is 1.25 bits per heavy atom. The van der Waals surface area contributed by atoms with E-state index in [-0.39, 0.29) is 19.2 Å². The Bertz CT molecular complexity index is 588. The SMILES string of the molecule is COCC(=O)OCc1ccc(-n2nc(C)cc2C)cc1. The number of ether oxygens (including phenoxy) is 2. The van der Waals surface area contributed by atoms with Crippen LogP contribution in [0.3, 0.4) is 0 Å². The van der Waals surface area contributed by atoms with Crippen LogP contribution in [0.2, 0.25) is 0 Å². The average Bonchev–Trinajstić information content (AvgIpc) is 2.76. The Morgan fingerprint density at radius 2 is 1.95 bits per heavy atom. The second-order valence-electron chi connectivity index (χ2n) is 4.60. The van der Waals surface area contributed by atoms with Crippen LogP contribution >= 0.6 is 0 Å². The normalized spacial score (nSPS) is 10.6. The van der Waals surface area contributed by atoms with E-state index < -0.39 is 0 Å². The fraction of sp³-hybridized carbons (Fsp3) is 0.333. The zero-order valence-electron chi connectivity index (χ0n) is 11.9. The summed E-state index contributed by atoms with van der Waals surface area (Å²) in [5, 5.41) is 4.42. The number of carbonyl (C=O) groups excluding carboxylic acids is 1. The summed E-state index contributed by atoms with van der Waals surface area (Å²) in [6.45, 7) is 4.21. The Morgan fingerprint density at radius 3 is 2.50 bits per heavy atom. The van der Waals surface area contributed by atoms with E-state index >= 15 is 0 Å². The minimum absolute atomic E-state index is 0.0240. The Hall–Kier alpha value is -2.14. The highest BCUT2D eigenvalue weighted by atomic mass is 16.6. The van der Waals surface area contributed by atoms with Crippen molar-refractivity contribution in [2.45, 2.75) is 20.5 Å². The van der Waals surface area contributed by atoms with E-state index in [1.165, 1.54) is 7.11 Å². The number of aromatic nitrogens is 2. The number of carbonyl (C=O) groups is 1. The van der Waals surface area contributed by atoms with Crippen molar-refractivity contribution in [2.75, 3.05) is 13.7 Å². The minimum Gasteiger partial charge on any atom is -0.459 e. The van der Waals surface area contributed by atoms with Crippen LogP contribution < -0.4 is 0 Å². The van der Waals surface area contributed by atoms with E-state index in [9.17, 15) is 4.79 Å². The predicted octanol–water partition coefficient (Wildman–Crippen LogP) is 2.18. The van der Waals surface area contributed by atoms with Gasteiger partial charge in [0.25, 0.3) is 0 Å². The summed E-state index contributed by atoms with van der Waals surface area (Å²) in [5.41, 5.74) is 3.99. The van der Waals surface area contributed by atoms with Crippen LogP contribution in [0.25, 0.3) is 5.69 Å². The summed E-state index contributed by atoms with van der Waals surface area (Å²) in [5.74, 6) is -0.366. The van der Waals surface area contributed by atoms with Gasteiger partial charge in [-0.1, -0.05) is 12.1 Å². The van der Waals surface area contributed by atoms with Crippen molar-refractivity contribution in [3.8, 4) is 5.69 Å². The van der Waals surface area contributed by atoms with Gasteiger partial charge in [-0.3, -0.25) is 0 Å². The van der Waals surface area contributed by atoms with Crippen LogP contribution in [0.5, 0.6) is 0 Å². The van der Waals surface area contributed by atoms with Crippen LogP contribution in [0.4, 0.5) is 0 Å². The molecular weight excluding hydrogens is 256 g/mol. The molecule has 0 unspecified atom stereocenters. The van der Waals surface area contributed by atoms with Gasteiger partial charge >= 0.3 is 5.97 Å². The second-order valence-corrected chi connectivity index (χ2v) is 4.60. The molecule has 1 aromatic heterocycles. The first-order valence-electron chi connectivity index (χ1n) is 6.37. The van der Waals surface area contributed by atoms with Gasteiger partial charge < -0.3 is 9.47 Å². The largest absolute Gasteiger partial charge is 0.459 e. The zero-order chi connectivity index (χ0) is 14.5. The Labute approximate surface area is 118 Å². The first kappa shape index (κ1) is 14.3. The molecule has 0 amide bonds. The summed E-state index contributed by atoms with van der Waals surface area (Å²) in [6.07, 6.45) is 0. The van der Waals surface area contributed by atoms with Crippen molar-refractivity contribution < 1.29 is 14.3 Å². The van der Waals surface area contributed by atoms with Gasteiger partial charge in [-0.05, 0) is 37.6 Å². The standard InChI is InChI=1S/C15H18N2O3/c1-11-8-12(2)17(16-11)14-6-4-13(5-7-14)9-20-15(18)10-19-3/h4-8H,9-10H2,1-3H3. The van der Waals surface area contributed by atoms with Gasteiger partial charge in [0.2, 0.25) is 0 Å². The lowest BCUT2D eigenvalue weighted by Gasteiger charge is -2.07. The average molecular weight is 274 g/mol. The summed E-state index contributed by atoms with van der Waals surface area (Å²) >= 11 is 0. The van der Waals surface area contributed by atoms with Crippen molar-refractivity contribution >= 4 is 5.97 Å². The summed E-state index contributed by atoms with van der Waals surface area (Å²) < 4.78 is 11.6. The molecule has 0 bridgehead atoms. The molecule has 0 spiro atoms. The maximum absolute atomic E-state index is 11.2. The maximum Gasteiger partial charge on any atom is 0.332 e. The Kier molecular flexibility index (Phi) is 4.53. The molecule has 106 valence electrons. The van der Waals surface area contributed by atoms with Gasteiger partial charge in [-0.2, -0.15) is 5.10 Å². The number of methoxy groups -OCH3 is 1. The van der Waals surface area contributed by atoms with E-state index in [1.54, 1.807) is 0 Å². The fourth-order valence-electron chi connectivity index (χ4n) is 1.95. The molecule has 2 rings (SSSR count). The molecule has 0 N–H and O–H groups in total. The molecule has 1 heterocycles. The predicted molar refractivity (Wildman–Crippen MR) is 74.7 cm³/mol. The topological polar surface area (TPSA) is 53.4 Å². The fourth-order valence-corrected chi connectivity index (χ4v) is 1.95. The third kappa shape index (κ3) is 3.45. The first-order valence-corrected chi connectivity index (χ1v) is 6.37. The number of hydrogen-bond donors (Lipinski definition) is 0. The third-order valence-electron chi connectivity index (χ3n) is 2.85. The lowest BCUT2D eigenvalue weighted by atomic mass is 10.2. The number of benzene rings is 1. The van der Waals surface area contributed by atoms with Gasteiger partial charge in [0.15, 0.2) is 0 Å². The molecule has 2 aromatic rings. The van der Waals surface area contributed by atoms with Gasteiger partial charge in [-0.25, -0.2) is 9.48 Å². The molecule has 0 aliphatic rings. The molecule has 5 nitrogen and oxygen atoms in total. The van der Waals surface area contributed by atoms with Gasteiger partial charge in [0, 0.05) is 12.8 Å². The maximum atomic E-state index is 11.2. The number of hydrogen-bond acceptors (Lipinski definition) is 4. The van der Waals surface area contributed by atoms with Crippen LogP contribution in [-0.2, 0) is 20.9 Å². The molecule has 0 saturated carbocycles. The van der Waals surface area contributed by atoms with Crippen LogP contribution in [-0.4, -0.2) is 29.5 Å². The molecule has 0 fully saturated rings. The van der Waals surface area contributed by atoms with Crippen LogP contribution in [0, 0.1) is 13.8 Å². The number of aryl methyl sites for hydroxylation is 2. The van der Waals surface area contributed by atoms with Gasteiger partial charge in [0.05, 0.1) is 11.4 Å². The second kappa shape index (κ2) is 6.34. The van der Waals surface area contributed by atoms with E-state index in [4.69, 9.17) is 9.47 Å². The lowest BCUT2D eigenvalue weighted by Crippen LogP contribution is -2.10. The third-order valence-corrected chi connectivity index (χ3v) is 2.85. The highest BCUT2D eigenvalue weighted by Gasteiger charge is 2.05. The van der Waals surface area contributed by atoms with Crippen LogP contribution in [0.1, 0.15) is 17.0 Å². The highest BCUT2D eigenvalue weighted by molar-refractivity contribution is 5.70. The van der Waals surface area contributed by atoms with Crippen molar-refractivity contribution in [3.63, 3.8) is 0 Å². The zero-order valence-corrected chi connectivity index (χ0v) is 11.9. The smallest absolute Gasteiger partial charge is 0.332 e. The first-order chi connectivity index (χ1) is 9.60. The van der Waals surface area contributed by atoms with Crippen molar-refractivity contribution in [2.24, 2.45) is 0 Å². The van der Waals surface area contributed by atoms with E-state index in [0.29, 0.717) is 0 Å². The molecule has 0 aliphatic carbocycles. The molecule has 0 saturated heterocycles. The number of nitrogens with zero attached hydrogens (tertiary/aromatic N) is 2. The number of esters is 1. The molecule has 1 aromatic carbocycles. The highest BCUT2D eigenvalue weighted by Crippen LogP contribution is 2.13. The van der Waals surface area contributed by atoms with E-state index in [0.717, 1.165) is 22.6 Å². The van der Waals surface area contributed by atoms with Crippen molar-refractivity contribution in [3.05, 3.63) is 47.3 Å². The van der Waals surface area contributed by atoms with E-state index in [2.05, 4.69) is 5.10 Å². The van der Waals surface area contributed by atoms with E-state index in [1.807, 2.05) is 48.9 Å². The van der Waals surface area contributed by atoms with Crippen molar-refractivity contribution in [1.29, 1.82) is 0 Å². The molecule has 0 aliphatic heterocycles. The van der Waals surface area contributed by atoms with Crippen molar-refractivity contribution in [1.82, 2.24) is 9.78 Å². The molecule has 5 heteroatoms. The molecular formula is C15H18N2O3. The molecule has 0 atom stereocenters. The minimum atomic E-state index is -0.366. The lowest BCUT2D eigenvalue weighted by molar-refractivity contribution is -0.149.